The molecule has 0 saturated carbocycles. The Labute approximate surface area is 138 Å². The number of anilines is 1. The van der Waals surface area contributed by atoms with E-state index >= 15 is 0 Å². The van der Waals surface area contributed by atoms with Crippen LogP contribution < -0.4 is 10.2 Å². The maximum atomic E-state index is 12.4. The number of carbonyl (C=O) groups excluding carboxylic acids is 2. The van der Waals surface area contributed by atoms with Crippen molar-refractivity contribution in [2.75, 3.05) is 38.1 Å². The first-order valence-electron chi connectivity index (χ1n) is 8.43. The molecule has 1 aromatic rings. The van der Waals surface area contributed by atoms with Gasteiger partial charge in [0, 0.05) is 25.2 Å². The number of rotatable bonds is 6. The number of para-hydroxylation sites is 1. The Balaban J connectivity index is 1.77. The van der Waals surface area contributed by atoms with Crippen LogP contribution in [-0.4, -0.2) is 49.9 Å². The van der Waals surface area contributed by atoms with Crippen LogP contribution in [0.15, 0.2) is 30.3 Å². The number of nitrogens with zero attached hydrogens (tertiary/aromatic N) is 2. The van der Waals surface area contributed by atoms with Gasteiger partial charge in [0.05, 0.1) is 6.54 Å². The smallest absolute Gasteiger partial charge is 0.240 e. The Morgan fingerprint density at radius 1 is 1.22 bits per heavy atom. The number of carbonyl (C=O) groups is 2. The molecule has 1 aromatic carbocycles. The lowest BCUT2D eigenvalue weighted by Crippen LogP contribution is -2.45. The van der Waals surface area contributed by atoms with E-state index in [4.69, 9.17) is 0 Å². The van der Waals surface area contributed by atoms with Crippen molar-refractivity contribution in [3.63, 3.8) is 0 Å². The molecule has 23 heavy (non-hydrogen) atoms. The highest BCUT2D eigenvalue weighted by Gasteiger charge is 2.26. The van der Waals surface area contributed by atoms with E-state index in [-0.39, 0.29) is 17.7 Å². The van der Waals surface area contributed by atoms with E-state index < -0.39 is 0 Å². The summed E-state index contributed by atoms with van der Waals surface area (Å²) in [6.07, 6.45) is 2.63. The molecule has 0 atom stereocenters. The van der Waals surface area contributed by atoms with Gasteiger partial charge in [-0.1, -0.05) is 25.1 Å². The molecule has 1 saturated heterocycles. The van der Waals surface area contributed by atoms with Crippen molar-refractivity contribution >= 4 is 17.5 Å². The lowest BCUT2D eigenvalue weighted by Gasteiger charge is -2.31. The SMILES string of the molecule is CCCNC(=O)C1CCN(CC(=O)N(C)c2ccccc2)CC1. The fourth-order valence-electron chi connectivity index (χ4n) is 2.84. The summed E-state index contributed by atoms with van der Waals surface area (Å²) in [5, 5.41) is 2.96. The first-order valence-corrected chi connectivity index (χ1v) is 8.43. The Bertz CT molecular complexity index is 510. The highest BCUT2D eigenvalue weighted by Crippen LogP contribution is 2.18. The van der Waals surface area contributed by atoms with E-state index in [9.17, 15) is 9.59 Å². The summed E-state index contributed by atoms with van der Waals surface area (Å²) in [5.41, 5.74) is 0.909. The lowest BCUT2D eigenvalue weighted by atomic mass is 9.96. The molecule has 1 N–H and O–H groups in total. The molecule has 5 nitrogen and oxygen atoms in total. The van der Waals surface area contributed by atoms with E-state index in [1.807, 2.05) is 37.4 Å². The van der Waals surface area contributed by atoms with E-state index in [0.717, 1.165) is 44.6 Å². The first-order chi connectivity index (χ1) is 11.1. The predicted octanol–water partition coefficient (Wildman–Crippen LogP) is 1.89. The maximum Gasteiger partial charge on any atom is 0.240 e. The third kappa shape index (κ3) is 5.06. The summed E-state index contributed by atoms with van der Waals surface area (Å²) in [5.74, 6) is 0.351. The average Bonchev–Trinajstić information content (AvgIpc) is 2.60. The van der Waals surface area contributed by atoms with Gasteiger partial charge < -0.3 is 10.2 Å². The molecular weight excluding hydrogens is 290 g/mol. The van der Waals surface area contributed by atoms with Gasteiger partial charge in [-0.2, -0.15) is 0 Å². The minimum absolute atomic E-state index is 0.0880. The first kappa shape index (κ1) is 17.5. The van der Waals surface area contributed by atoms with Gasteiger partial charge in [0.15, 0.2) is 0 Å². The highest BCUT2D eigenvalue weighted by atomic mass is 16.2. The standard InChI is InChI=1S/C18H27N3O2/c1-3-11-19-18(23)15-9-12-21(13-10-15)14-17(22)20(2)16-7-5-4-6-8-16/h4-8,15H,3,9-14H2,1-2H3,(H,19,23). The van der Waals surface area contributed by atoms with E-state index in [0.29, 0.717) is 6.54 Å². The number of nitrogens with one attached hydrogen (secondary N) is 1. The van der Waals surface area contributed by atoms with Crippen molar-refractivity contribution < 1.29 is 9.59 Å². The Morgan fingerprint density at radius 3 is 2.48 bits per heavy atom. The van der Waals surface area contributed by atoms with E-state index in [1.54, 1.807) is 4.90 Å². The van der Waals surface area contributed by atoms with Crippen LogP contribution in [0.1, 0.15) is 26.2 Å². The van der Waals surface area contributed by atoms with Crippen molar-refractivity contribution in [2.45, 2.75) is 26.2 Å². The van der Waals surface area contributed by atoms with Gasteiger partial charge in [0.1, 0.15) is 0 Å². The topological polar surface area (TPSA) is 52.7 Å². The molecule has 1 fully saturated rings. The Kier molecular flexibility index (Phi) is 6.59. The van der Waals surface area contributed by atoms with Gasteiger partial charge >= 0.3 is 0 Å². The molecule has 0 bridgehead atoms. The molecule has 5 heteroatoms. The molecule has 0 radical (unpaired) electrons. The van der Waals surface area contributed by atoms with Gasteiger partial charge in [-0.3, -0.25) is 14.5 Å². The largest absolute Gasteiger partial charge is 0.356 e. The fourth-order valence-corrected chi connectivity index (χ4v) is 2.84. The third-order valence-electron chi connectivity index (χ3n) is 4.38. The number of piperidine rings is 1. The summed E-state index contributed by atoms with van der Waals surface area (Å²) < 4.78 is 0. The molecule has 0 aromatic heterocycles. The second-order valence-electron chi connectivity index (χ2n) is 6.13. The quantitative estimate of drug-likeness (QED) is 0.872. The number of likely N-dealkylation sites (tertiary alicyclic amines) is 1. The Morgan fingerprint density at radius 2 is 1.87 bits per heavy atom. The van der Waals surface area contributed by atoms with Crippen molar-refractivity contribution in [3.8, 4) is 0 Å². The van der Waals surface area contributed by atoms with Crippen LogP contribution in [0.2, 0.25) is 0 Å². The fraction of sp³-hybridized carbons (Fsp3) is 0.556. The van der Waals surface area contributed by atoms with E-state index in [1.165, 1.54) is 0 Å². The summed E-state index contributed by atoms with van der Waals surface area (Å²) in [6.45, 7) is 4.82. The minimum atomic E-state index is 0.0880. The number of hydrogen-bond acceptors (Lipinski definition) is 3. The van der Waals surface area contributed by atoms with Crippen molar-refractivity contribution in [1.29, 1.82) is 0 Å². The highest BCUT2D eigenvalue weighted by molar-refractivity contribution is 5.94. The number of benzene rings is 1. The number of likely N-dealkylation sites (N-methyl/N-ethyl adjacent to an activating group) is 1. The zero-order valence-corrected chi connectivity index (χ0v) is 14.1. The van der Waals surface area contributed by atoms with Gasteiger partial charge in [-0.05, 0) is 44.5 Å². The molecular formula is C18H27N3O2. The third-order valence-corrected chi connectivity index (χ3v) is 4.38. The summed E-state index contributed by atoms with van der Waals surface area (Å²) in [6, 6.07) is 9.67. The lowest BCUT2D eigenvalue weighted by molar-refractivity contribution is -0.126. The van der Waals surface area contributed by atoms with E-state index in [2.05, 4.69) is 17.1 Å². The summed E-state index contributed by atoms with van der Waals surface area (Å²) in [7, 11) is 1.81. The molecule has 0 spiro atoms. The zero-order valence-electron chi connectivity index (χ0n) is 14.1. The Hall–Kier alpha value is -1.88. The van der Waals surface area contributed by atoms with Gasteiger partial charge in [-0.25, -0.2) is 0 Å². The van der Waals surface area contributed by atoms with Crippen molar-refractivity contribution in [3.05, 3.63) is 30.3 Å². The predicted molar refractivity (Wildman–Crippen MR) is 92.3 cm³/mol. The van der Waals surface area contributed by atoms with Crippen molar-refractivity contribution in [1.82, 2.24) is 10.2 Å². The number of hydrogen-bond donors (Lipinski definition) is 1. The minimum Gasteiger partial charge on any atom is -0.356 e. The second-order valence-corrected chi connectivity index (χ2v) is 6.13. The van der Waals surface area contributed by atoms with Gasteiger partial charge in [-0.15, -0.1) is 0 Å². The van der Waals surface area contributed by atoms with Crippen LogP contribution in [0.25, 0.3) is 0 Å². The van der Waals surface area contributed by atoms with Crippen LogP contribution in [0.4, 0.5) is 5.69 Å². The van der Waals surface area contributed by atoms with Crippen molar-refractivity contribution in [2.24, 2.45) is 5.92 Å². The van der Waals surface area contributed by atoms with Gasteiger partial charge in [0.25, 0.3) is 0 Å². The molecule has 1 aliphatic heterocycles. The molecule has 0 aliphatic carbocycles. The maximum absolute atomic E-state index is 12.4. The zero-order chi connectivity index (χ0) is 16.7. The number of amides is 2. The van der Waals surface area contributed by atoms with Crippen LogP contribution in [0, 0.1) is 5.92 Å². The van der Waals surface area contributed by atoms with Crippen LogP contribution in [0.5, 0.6) is 0 Å². The molecule has 126 valence electrons. The molecule has 1 aliphatic rings. The second kappa shape index (κ2) is 8.67. The average molecular weight is 317 g/mol. The summed E-state index contributed by atoms with van der Waals surface area (Å²) >= 11 is 0. The normalized spacial score (nSPS) is 16.1. The monoisotopic (exact) mass is 317 g/mol. The molecule has 1 heterocycles. The molecule has 2 rings (SSSR count). The van der Waals surface area contributed by atoms with Crippen LogP contribution in [0.3, 0.4) is 0 Å². The molecule has 0 unspecified atom stereocenters. The van der Waals surface area contributed by atoms with Crippen LogP contribution >= 0.6 is 0 Å². The summed E-state index contributed by atoms with van der Waals surface area (Å²) in [4.78, 5) is 28.2. The van der Waals surface area contributed by atoms with Gasteiger partial charge in [0.2, 0.25) is 11.8 Å². The van der Waals surface area contributed by atoms with Crippen LogP contribution in [-0.2, 0) is 9.59 Å². The molecule has 2 amide bonds.